The third kappa shape index (κ3) is 3.97. The fraction of sp³-hybridized carbons (Fsp3) is 0.800. The summed E-state index contributed by atoms with van der Waals surface area (Å²) < 4.78 is 1.89. The molecule has 0 radical (unpaired) electrons. The van der Waals surface area contributed by atoms with Crippen LogP contribution in [-0.4, -0.2) is 46.1 Å². The van der Waals surface area contributed by atoms with Gasteiger partial charge < -0.3 is 10.6 Å². The summed E-state index contributed by atoms with van der Waals surface area (Å²) >= 11 is 0. The molecule has 86 valence electrons. The standard InChI is InChI=1S/C10H21N5/c1-3-14(4-2)7-8-15-9-10(5-6-11)12-13-15/h9H,3-8,11H2,1-2H3. The van der Waals surface area contributed by atoms with Gasteiger partial charge in [0.25, 0.3) is 0 Å². The molecule has 1 rings (SSSR count). The van der Waals surface area contributed by atoms with Crippen molar-refractivity contribution in [1.82, 2.24) is 19.9 Å². The van der Waals surface area contributed by atoms with E-state index in [0.29, 0.717) is 6.54 Å². The molecule has 5 nitrogen and oxygen atoms in total. The third-order valence-corrected chi connectivity index (χ3v) is 2.53. The van der Waals surface area contributed by atoms with Crippen LogP contribution in [0.5, 0.6) is 0 Å². The lowest BCUT2D eigenvalue weighted by Gasteiger charge is -2.17. The van der Waals surface area contributed by atoms with Crippen molar-refractivity contribution in [3.63, 3.8) is 0 Å². The minimum atomic E-state index is 0.634. The molecule has 0 amide bonds. The Bertz CT molecular complexity index is 267. The van der Waals surface area contributed by atoms with Crippen molar-refractivity contribution in [3.05, 3.63) is 11.9 Å². The molecule has 1 heterocycles. The van der Waals surface area contributed by atoms with Gasteiger partial charge in [-0.3, -0.25) is 4.68 Å². The smallest absolute Gasteiger partial charge is 0.0839 e. The Morgan fingerprint density at radius 1 is 1.40 bits per heavy atom. The summed E-state index contributed by atoms with van der Waals surface area (Å²) in [6, 6.07) is 0. The van der Waals surface area contributed by atoms with E-state index in [1.54, 1.807) is 0 Å². The minimum absolute atomic E-state index is 0.634. The Hall–Kier alpha value is -0.940. The normalized spacial score (nSPS) is 11.2. The zero-order chi connectivity index (χ0) is 11.1. The Balaban J connectivity index is 2.36. The summed E-state index contributed by atoms with van der Waals surface area (Å²) in [5, 5.41) is 8.11. The number of hydrogen-bond acceptors (Lipinski definition) is 4. The van der Waals surface area contributed by atoms with Crippen molar-refractivity contribution < 1.29 is 0 Å². The quantitative estimate of drug-likeness (QED) is 0.696. The van der Waals surface area contributed by atoms with Crippen LogP contribution in [0.25, 0.3) is 0 Å². The highest BCUT2D eigenvalue weighted by molar-refractivity contribution is 4.92. The molecule has 0 aliphatic rings. The lowest BCUT2D eigenvalue weighted by molar-refractivity contribution is 0.284. The molecule has 0 saturated heterocycles. The largest absolute Gasteiger partial charge is 0.330 e. The van der Waals surface area contributed by atoms with Crippen molar-refractivity contribution in [1.29, 1.82) is 0 Å². The molecule has 0 fully saturated rings. The van der Waals surface area contributed by atoms with Gasteiger partial charge in [0.1, 0.15) is 0 Å². The van der Waals surface area contributed by atoms with Crippen LogP contribution in [0.15, 0.2) is 6.20 Å². The van der Waals surface area contributed by atoms with Crippen molar-refractivity contribution in [3.8, 4) is 0 Å². The third-order valence-electron chi connectivity index (χ3n) is 2.53. The van der Waals surface area contributed by atoms with Gasteiger partial charge in [-0.2, -0.15) is 0 Å². The van der Waals surface area contributed by atoms with E-state index < -0.39 is 0 Å². The molecular formula is C10H21N5. The zero-order valence-electron chi connectivity index (χ0n) is 9.69. The van der Waals surface area contributed by atoms with Crippen LogP contribution in [0.4, 0.5) is 0 Å². The Morgan fingerprint density at radius 3 is 2.73 bits per heavy atom. The Morgan fingerprint density at radius 2 is 2.13 bits per heavy atom. The molecule has 0 aliphatic carbocycles. The maximum Gasteiger partial charge on any atom is 0.0839 e. The van der Waals surface area contributed by atoms with Crippen LogP contribution >= 0.6 is 0 Å². The Kier molecular flexibility index (Phi) is 5.28. The second kappa shape index (κ2) is 6.53. The van der Waals surface area contributed by atoms with Gasteiger partial charge in [0, 0.05) is 19.2 Å². The van der Waals surface area contributed by atoms with Gasteiger partial charge in [0.15, 0.2) is 0 Å². The first-order valence-electron chi connectivity index (χ1n) is 5.61. The summed E-state index contributed by atoms with van der Waals surface area (Å²) in [4.78, 5) is 2.37. The van der Waals surface area contributed by atoms with Gasteiger partial charge in [-0.15, -0.1) is 5.10 Å². The second-order valence-corrected chi connectivity index (χ2v) is 3.54. The highest BCUT2D eigenvalue weighted by atomic mass is 15.4. The average Bonchev–Trinajstić information content (AvgIpc) is 2.68. The predicted molar refractivity (Wildman–Crippen MR) is 60.6 cm³/mol. The Labute approximate surface area is 91.2 Å². The maximum absolute atomic E-state index is 5.45. The molecule has 0 bridgehead atoms. The van der Waals surface area contributed by atoms with E-state index in [0.717, 1.165) is 38.3 Å². The van der Waals surface area contributed by atoms with E-state index >= 15 is 0 Å². The number of nitrogens with zero attached hydrogens (tertiary/aromatic N) is 4. The van der Waals surface area contributed by atoms with Crippen LogP contribution in [0.2, 0.25) is 0 Å². The van der Waals surface area contributed by atoms with Gasteiger partial charge >= 0.3 is 0 Å². The highest BCUT2D eigenvalue weighted by Gasteiger charge is 2.02. The molecule has 0 atom stereocenters. The van der Waals surface area contributed by atoms with Crippen LogP contribution < -0.4 is 5.73 Å². The van der Waals surface area contributed by atoms with E-state index in [1.807, 2.05) is 10.9 Å². The van der Waals surface area contributed by atoms with Crippen molar-refractivity contribution in [2.75, 3.05) is 26.2 Å². The highest BCUT2D eigenvalue weighted by Crippen LogP contribution is 1.95. The fourth-order valence-electron chi connectivity index (χ4n) is 1.49. The van der Waals surface area contributed by atoms with Crippen molar-refractivity contribution >= 4 is 0 Å². The summed E-state index contributed by atoms with van der Waals surface area (Å²) in [6.45, 7) is 9.07. The van der Waals surface area contributed by atoms with Gasteiger partial charge in [-0.05, 0) is 19.6 Å². The minimum Gasteiger partial charge on any atom is -0.330 e. The van der Waals surface area contributed by atoms with E-state index in [4.69, 9.17) is 5.73 Å². The fourth-order valence-corrected chi connectivity index (χ4v) is 1.49. The number of likely N-dealkylation sites (N-methyl/N-ethyl adjacent to an activating group) is 1. The molecule has 5 heteroatoms. The number of aromatic nitrogens is 3. The summed E-state index contributed by atoms with van der Waals surface area (Å²) in [5.41, 5.74) is 6.43. The molecule has 15 heavy (non-hydrogen) atoms. The number of hydrogen-bond donors (Lipinski definition) is 1. The van der Waals surface area contributed by atoms with E-state index in [1.165, 1.54) is 0 Å². The van der Waals surface area contributed by atoms with Gasteiger partial charge in [-0.1, -0.05) is 19.1 Å². The van der Waals surface area contributed by atoms with Gasteiger partial charge in [-0.25, -0.2) is 0 Å². The first-order valence-corrected chi connectivity index (χ1v) is 5.61. The molecular weight excluding hydrogens is 190 g/mol. The van der Waals surface area contributed by atoms with Crippen molar-refractivity contribution in [2.45, 2.75) is 26.8 Å². The molecule has 0 aromatic carbocycles. The van der Waals surface area contributed by atoms with Crippen molar-refractivity contribution in [2.24, 2.45) is 5.73 Å². The predicted octanol–water partition coefficient (Wildman–Crippen LogP) is 0.121. The first kappa shape index (κ1) is 12.1. The first-order chi connectivity index (χ1) is 7.30. The summed E-state index contributed by atoms with van der Waals surface area (Å²) in [6.07, 6.45) is 2.79. The van der Waals surface area contributed by atoms with Gasteiger partial charge in [0.2, 0.25) is 0 Å². The van der Waals surface area contributed by atoms with Gasteiger partial charge in [0.05, 0.1) is 12.2 Å². The maximum atomic E-state index is 5.45. The lowest BCUT2D eigenvalue weighted by Crippen LogP contribution is -2.27. The number of nitrogens with two attached hydrogens (primary N) is 1. The number of rotatable bonds is 7. The molecule has 0 aliphatic heterocycles. The lowest BCUT2D eigenvalue weighted by atomic mass is 10.3. The van der Waals surface area contributed by atoms with Crippen LogP contribution in [0.1, 0.15) is 19.5 Å². The topological polar surface area (TPSA) is 60.0 Å². The van der Waals surface area contributed by atoms with Crippen LogP contribution in [0, 0.1) is 0 Å². The van der Waals surface area contributed by atoms with Crippen LogP contribution in [0.3, 0.4) is 0 Å². The van der Waals surface area contributed by atoms with E-state index in [-0.39, 0.29) is 0 Å². The monoisotopic (exact) mass is 211 g/mol. The molecule has 0 unspecified atom stereocenters. The van der Waals surface area contributed by atoms with E-state index in [2.05, 4.69) is 29.1 Å². The molecule has 1 aromatic heterocycles. The second-order valence-electron chi connectivity index (χ2n) is 3.54. The molecule has 2 N–H and O–H groups in total. The summed E-state index contributed by atoms with van der Waals surface area (Å²) in [7, 11) is 0. The molecule has 0 spiro atoms. The van der Waals surface area contributed by atoms with E-state index in [9.17, 15) is 0 Å². The zero-order valence-corrected chi connectivity index (χ0v) is 9.69. The molecule has 1 aromatic rings. The molecule has 0 saturated carbocycles. The SMILES string of the molecule is CCN(CC)CCn1cc(CCN)nn1. The summed E-state index contributed by atoms with van der Waals surface area (Å²) in [5.74, 6) is 0. The van der Waals surface area contributed by atoms with Crippen LogP contribution in [-0.2, 0) is 13.0 Å². The average molecular weight is 211 g/mol.